The summed E-state index contributed by atoms with van der Waals surface area (Å²) < 4.78 is 50.3. The molecule has 0 aromatic rings. The Kier molecular flexibility index (Phi) is 8.29. The summed E-state index contributed by atoms with van der Waals surface area (Å²) >= 11 is 0. The molecular formula is C14H22N2O11S. The first-order chi connectivity index (χ1) is 12.8. The highest BCUT2D eigenvalue weighted by molar-refractivity contribution is 7.87. The number of nitrogens with two attached hydrogens (primary N) is 1. The van der Waals surface area contributed by atoms with Gasteiger partial charge in [0.15, 0.2) is 24.5 Å². The van der Waals surface area contributed by atoms with Crippen molar-refractivity contribution in [1.82, 2.24) is 4.72 Å². The predicted octanol–water partition coefficient (Wildman–Crippen LogP) is -2.14. The van der Waals surface area contributed by atoms with Crippen LogP contribution in [0.25, 0.3) is 0 Å². The van der Waals surface area contributed by atoms with Gasteiger partial charge in [-0.15, -0.1) is 0 Å². The highest BCUT2D eigenvalue weighted by Gasteiger charge is 2.52. The molecule has 14 heteroatoms. The smallest absolute Gasteiger partial charge is 0.303 e. The Morgan fingerprint density at radius 1 is 0.857 bits per heavy atom. The second kappa shape index (κ2) is 9.77. The SMILES string of the molecule is CC(=O)OC[C@H]1O[C@@H](NS(N)(=O)=O)[C@@H](OC(C)=O)[C@@H](OC(C)=O)[C@@H]1OC(C)=O. The van der Waals surface area contributed by atoms with Gasteiger partial charge in [-0.3, -0.25) is 19.2 Å². The van der Waals surface area contributed by atoms with Gasteiger partial charge in [-0.25, -0.2) is 5.14 Å². The maximum Gasteiger partial charge on any atom is 0.303 e. The van der Waals surface area contributed by atoms with Gasteiger partial charge in [0.2, 0.25) is 0 Å². The number of rotatable bonds is 7. The first-order valence-electron chi connectivity index (χ1n) is 7.90. The van der Waals surface area contributed by atoms with Crippen LogP contribution in [0.4, 0.5) is 0 Å². The zero-order valence-corrected chi connectivity index (χ0v) is 16.4. The number of esters is 4. The molecule has 0 aromatic heterocycles. The third-order valence-electron chi connectivity index (χ3n) is 3.27. The second-order valence-electron chi connectivity index (χ2n) is 5.78. The van der Waals surface area contributed by atoms with E-state index >= 15 is 0 Å². The third kappa shape index (κ3) is 7.75. The Morgan fingerprint density at radius 3 is 1.75 bits per heavy atom. The standard InChI is InChI=1S/C14H22N2O11S/c1-6(17)23-5-10-11(24-7(2)18)12(25-8(3)19)13(26-9(4)20)14(27-10)16-28(15,21)22/h10-14,16H,5H2,1-4H3,(H2,15,21,22)/t10-,11-,12+,13+,14-/m1/s1. The molecule has 1 aliphatic heterocycles. The van der Waals surface area contributed by atoms with Crippen LogP contribution in [0.1, 0.15) is 27.7 Å². The maximum atomic E-state index is 11.5. The number of carbonyl (C=O) groups excluding carboxylic acids is 4. The summed E-state index contributed by atoms with van der Waals surface area (Å²) in [6.07, 6.45) is -7.33. The lowest BCUT2D eigenvalue weighted by molar-refractivity contribution is -0.254. The molecule has 0 spiro atoms. The van der Waals surface area contributed by atoms with E-state index in [4.69, 9.17) is 28.8 Å². The first kappa shape index (κ1) is 23.7. The molecule has 1 heterocycles. The molecule has 1 saturated heterocycles. The summed E-state index contributed by atoms with van der Waals surface area (Å²) in [7, 11) is -4.36. The highest BCUT2D eigenvalue weighted by atomic mass is 32.2. The Balaban J connectivity index is 3.36. The summed E-state index contributed by atoms with van der Waals surface area (Å²) in [4.78, 5) is 45.6. The topological polar surface area (TPSA) is 187 Å². The number of carbonyl (C=O) groups is 4. The van der Waals surface area contributed by atoms with Crippen LogP contribution in [0.3, 0.4) is 0 Å². The average molecular weight is 426 g/mol. The number of nitrogens with one attached hydrogen (secondary N) is 1. The minimum absolute atomic E-state index is 0.485. The van der Waals surface area contributed by atoms with E-state index in [2.05, 4.69) is 0 Å². The monoisotopic (exact) mass is 426 g/mol. The van der Waals surface area contributed by atoms with E-state index in [0.29, 0.717) is 0 Å². The molecule has 0 aromatic carbocycles. The summed E-state index contributed by atoms with van der Waals surface area (Å²) in [6, 6.07) is 0. The van der Waals surface area contributed by atoms with Crippen molar-refractivity contribution in [3.05, 3.63) is 0 Å². The summed E-state index contributed by atoms with van der Waals surface area (Å²) in [5.41, 5.74) is 0. The largest absolute Gasteiger partial charge is 0.463 e. The lowest BCUT2D eigenvalue weighted by Gasteiger charge is -2.44. The number of ether oxygens (including phenoxy) is 5. The molecule has 0 bridgehead atoms. The van der Waals surface area contributed by atoms with E-state index in [1.807, 2.05) is 4.72 Å². The van der Waals surface area contributed by atoms with Gasteiger partial charge >= 0.3 is 23.9 Å². The molecule has 1 aliphatic rings. The van der Waals surface area contributed by atoms with Crippen molar-refractivity contribution >= 4 is 34.1 Å². The van der Waals surface area contributed by atoms with Crippen LogP contribution >= 0.6 is 0 Å². The van der Waals surface area contributed by atoms with Gasteiger partial charge in [0.05, 0.1) is 0 Å². The van der Waals surface area contributed by atoms with Crippen LogP contribution < -0.4 is 9.86 Å². The van der Waals surface area contributed by atoms with Gasteiger partial charge in [0, 0.05) is 27.7 Å². The van der Waals surface area contributed by atoms with Crippen molar-refractivity contribution in [2.75, 3.05) is 6.61 Å². The Labute approximate surface area is 160 Å². The summed E-state index contributed by atoms with van der Waals surface area (Å²) in [5.74, 6) is -3.22. The molecule has 28 heavy (non-hydrogen) atoms. The van der Waals surface area contributed by atoms with Crippen LogP contribution in [0, 0.1) is 0 Å². The molecule has 0 saturated carbocycles. The Hall–Kier alpha value is -2.29. The van der Waals surface area contributed by atoms with E-state index in [1.165, 1.54) is 0 Å². The molecule has 13 nitrogen and oxygen atoms in total. The minimum atomic E-state index is -4.36. The highest BCUT2D eigenvalue weighted by Crippen LogP contribution is 2.28. The van der Waals surface area contributed by atoms with Crippen molar-refractivity contribution in [1.29, 1.82) is 0 Å². The molecule has 3 N–H and O–H groups in total. The van der Waals surface area contributed by atoms with Gasteiger partial charge in [0.1, 0.15) is 12.7 Å². The lowest BCUT2D eigenvalue weighted by Crippen LogP contribution is -2.66. The Bertz CT molecular complexity index is 723. The van der Waals surface area contributed by atoms with Crippen LogP contribution in [-0.4, -0.2) is 69.5 Å². The number of hydrogen-bond acceptors (Lipinski definition) is 11. The van der Waals surface area contributed by atoms with Crippen molar-refractivity contribution in [3.63, 3.8) is 0 Å². The van der Waals surface area contributed by atoms with Crippen LogP contribution in [0.5, 0.6) is 0 Å². The molecule has 1 fully saturated rings. The minimum Gasteiger partial charge on any atom is -0.463 e. The van der Waals surface area contributed by atoms with E-state index in [-0.39, 0.29) is 0 Å². The fourth-order valence-corrected chi connectivity index (χ4v) is 3.00. The molecule has 1 rings (SSSR count). The zero-order chi connectivity index (χ0) is 21.6. The molecule has 0 aliphatic carbocycles. The lowest BCUT2D eigenvalue weighted by atomic mass is 9.97. The normalized spacial score (nSPS) is 27.4. The number of hydrogen-bond donors (Lipinski definition) is 2. The van der Waals surface area contributed by atoms with Gasteiger partial charge < -0.3 is 23.7 Å². The molecule has 5 atom stereocenters. The van der Waals surface area contributed by atoms with Crippen molar-refractivity contribution in [2.24, 2.45) is 5.14 Å². The first-order valence-corrected chi connectivity index (χ1v) is 9.45. The van der Waals surface area contributed by atoms with E-state index in [0.717, 1.165) is 27.7 Å². The van der Waals surface area contributed by atoms with Gasteiger partial charge in [-0.1, -0.05) is 0 Å². The average Bonchev–Trinajstić information content (AvgIpc) is 2.48. The van der Waals surface area contributed by atoms with E-state index in [1.54, 1.807) is 0 Å². The fraction of sp³-hybridized carbons (Fsp3) is 0.714. The molecule has 0 radical (unpaired) electrons. The molecule has 0 unspecified atom stereocenters. The molecular weight excluding hydrogens is 404 g/mol. The van der Waals surface area contributed by atoms with Crippen LogP contribution in [0.15, 0.2) is 0 Å². The molecule has 160 valence electrons. The van der Waals surface area contributed by atoms with Crippen molar-refractivity contribution in [3.8, 4) is 0 Å². The van der Waals surface area contributed by atoms with Gasteiger partial charge in [-0.2, -0.15) is 13.1 Å². The predicted molar refractivity (Wildman–Crippen MR) is 88.2 cm³/mol. The second-order valence-corrected chi connectivity index (χ2v) is 7.11. The zero-order valence-electron chi connectivity index (χ0n) is 15.6. The van der Waals surface area contributed by atoms with Gasteiger partial charge in [-0.05, 0) is 0 Å². The fourth-order valence-electron chi connectivity index (χ4n) is 2.49. The molecule has 0 amide bonds. The Morgan fingerprint density at radius 2 is 1.32 bits per heavy atom. The maximum absolute atomic E-state index is 11.5. The van der Waals surface area contributed by atoms with Crippen LogP contribution in [0.2, 0.25) is 0 Å². The van der Waals surface area contributed by atoms with E-state index in [9.17, 15) is 27.6 Å². The van der Waals surface area contributed by atoms with Crippen molar-refractivity contribution < 1.29 is 51.3 Å². The third-order valence-corrected chi connectivity index (χ3v) is 3.83. The summed E-state index contributed by atoms with van der Waals surface area (Å²) in [6.45, 7) is 3.73. The quantitative estimate of drug-likeness (QED) is 0.334. The van der Waals surface area contributed by atoms with Gasteiger partial charge in [0.25, 0.3) is 10.2 Å². The van der Waals surface area contributed by atoms with E-state index < -0.39 is 71.3 Å². The van der Waals surface area contributed by atoms with Crippen molar-refractivity contribution in [2.45, 2.75) is 58.3 Å². The van der Waals surface area contributed by atoms with Crippen LogP contribution in [-0.2, 0) is 53.1 Å². The summed E-state index contributed by atoms with van der Waals surface area (Å²) in [5, 5.41) is 4.95.